The van der Waals surface area contributed by atoms with E-state index < -0.39 is 0 Å². The monoisotopic (exact) mass is 175 g/mol. The van der Waals surface area contributed by atoms with E-state index in [0.717, 1.165) is 12.2 Å². The maximum absolute atomic E-state index is 3.97. The highest BCUT2D eigenvalue weighted by Gasteiger charge is 1.98. The predicted molar refractivity (Wildman–Crippen MR) is 58.6 cm³/mol. The van der Waals surface area contributed by atoms with Gasteiger partial charge < -0.3 is 5.32 Å². The number of rotatable bonds is 3. The highest BCUT2D eigenvalue weighted by molar-refractivity contribution is 5.62. The van der Waals surface area contributed by atoms with Gasteiger partial charge >= 0.3 is 0 Å². The molecule has 0 saturated carbocycles. The first-order valence-electron chi connectivity index (χ1n) is 4.65. The first-order valence-corrected chi connectivity index (χ1v) is 4.65. The number of hydrogen-bond acceptors (Lipinski definition) is 1. The van der Waals surface area contributed by atoms with E-state index in [1.807, 2.05) is 0 Å². The van der Waals surface area contributed by atoms with Gasteiger partial charge in [0.1, 0.15) is 0 Å². The average Bonchev–Trinajstić information content (AvgIpc) is 2.10. The van der Waals surface area contributed by atoms with Crippen LogP contribution in [0, 0.1) is 13.8 Å². The lowest BCUT2D eigenvalue weighted by atomic mass is 10.0. The first kappa shape index (κ1) is 9.85. The standard InChI is InChI=1S/C12H17N/c1-5-13-11(4)12-7-6-9(2)10(3)8-12/h6-8,13H,4-5H2,1-3H3. The van der Waals surface area contributed by atoms with E-state index in [4.69, 9.17) is 0 Å². The van der Waals surface area contributed by atoms with E-state index in [2.05, 4.69) is 50.9 Å². The second-order valence-electron chi connectivity index (χ2n) is 3.31. The van der Waals surface area contributed by atoms with Crippen molar-refractivity contribution >= 4 is 5.70 Å². The van der Waals surface area contributed by atoms with Crippen LogP contribution in [0.25, 0.3) is 5.70 Å². The summed E-state index contributed by atoms with van der Waals surface area (Å²) in [6.07, 6.45) is 0. The summed E-state index contributed by atoms with van der Waals surface area (Å²) in [4.78, 5) is 0. The van der Waals surface area contributed by atoms with Gasteiger partial charge in [0, 0.05) is 12.2 Å². The highest BCUT2D eigenvalue weighted by atomic mass is 14.9. The molecule has 0 atom stereocenters. The summed E-state index contributed by atoms with van der Waals surface area (Å²) < 4.78 is 0. The zero-order valence-corrected chi connectivity index (χ0v) is 8.65. The first-order chi connectivity index (χ1) is 6.15. The quantitative estimate of drug-likeness (QED) is 0.744. The second-order valence-corrected chi connectivity index (χ2v) is 3.31. The molecular weight excluding hydrogens is 158 g/mol. The van der Waals surface area contributed by atoms with Crippen LogP contribution in [0.3, 0.4) is 0 Å². The largest absolute Gasteiger partial charge is 0.385 e. The molecule has 0 fully saturated rings. The molecule has 0 aromatic heterocycles. The molecular formula is C12H17N. The summed E-state index contributed by atoms with van der Waals surface area (Å²) in [6.45, 7) is 11.2. The fourth-order valence-corrected chi connectivity index (χ4v) is 1.24. The molecule has 13 heavy (non-hydrogen) atoms. The smallest absolute Gasteiger partial charge is 0.0340 e. The van der Waals surface area contributed by atoms with Gasteiger partial charge in [-0.1, -0.05) is 18.7 Å². The summed E-state index contributed by atoms with van der Waals surface area (Å²) in [5.74, 6) is 0. The number of hydrogen-bond donors (Lipinski definition) is 1. The number of nitrogens with one attached hydrogen (secondary N) is 1. The molecule has 0 aliphatic heterocycles. The lowest BCUT2D eigenvalue weighted by Crippen LogP contribution is -2.09. The Bertz CT molecular complexity index is 313. The summed E-state index contributed by atoms with van der Waals surface area (Å²) in [5.41, 5.74) is 4.83. The van der Waals surface area contributed by atoms with E-state index in [1.165, 1.54) is 16.7 Å². The summed E-state index contributed by atoms with van der Waals surface area (Å²) in [5, 5.41) is 3.21. The van der Waals surface area contributed by atoms with E-state index in [1.54, 1.807) is 0 Å². The summed E-state index contributed by atoms with van der Waals surface area (Å²) in [7, 11) is 0. The molecule has 1 N–H and O–H groups in total. The van der Waals surface area contributed by atoms with Crippen LogP contribution in [-0.4, -0.2) is 6.54 Å². The lowest BCUT2D eigenvalue weighted by molar-refractivity contribution is 0.942. The summed E-state index contributed by atoms with van der Waals surface area (Å²) >= 11 is 0. The zero-order chi connectivity index (χ0) is 9.84. The molecule has 0 saturated heterocycles. The van der Waals surface area contributed by atoms with Crippen molar-refractivity contribution in [2.75, 3.05) is 6.54 Å². The van der Waals surface area contributed by atoms with Crippen LogP contribution < -0.4 is 5.32 Å². The van der Waals surface area contributed by atoms with Gasteiger partial charge in [0.15, 0.2) is 0 Å². The van der Waals surface area contributed by atoms with E-state index in [0.29, 0.717) is 0 Å². The third-order valence-corrected chi connectivity index (χ3v) is 2.25. The maximum Gasteiger partial charge on any atom is 0.0340 e. The third kappa shape index (κ3) is 2.35. The van der Waals surface area contributed by atoms with Crippen LogP contribution in [-0.2, 0) is 0 Å². The van der Waals surface area contributed by atoms with E-state index in [-0.39, 0.29) is 0 Å². The van der Waals surface area contributed by atoms with Crippen LogP contribution in [0.15, 0.2) is 24.8 Å². The second kappa shape index (κ2) is 4.13. The molecule has 0 heterocycles. The van der Waals surface area contributed by atoms with Gasteiger partial charge in [0.05, 0.1) is 0 Å². The van der Waals surface area contributed by atoms with Crippen LogP contribution in [0.5, 0.6) is 0 Å². The predicted octanol–water partition coefficient (Wildman–Crippen LogP) is 2.88. The van der Waals surface area contributed by atoms with Gasteiger partial charge in [-0.2, -0.15) is 0 Å². The molecule has 0 amide bonds. The van der Waals surface area contributed by atoms with Crippen molar-refractivity contribution < 1.29 is 0 Å². The third-order valence-electron chi connectivity index (χ3n) is 2.25. The van der Waals surface area contributed by atoms with Gasteiger partial charge in [-0.25, -0.2) is 0 Å². The van der Waals surface area contributed by atoms with Gasteiger partial charge in [-0.15, -0.1) is 0 Å². The molecule has 1 aromatic carbocycles. The molecule has 1 aromatic rings. The fourth-order valence-electron chi connectivity index (χ4n) is 1.24. The molecule has 0 aliphatic rings. The van der Waals surface area contributed by atoms with Crippen LogP contribution in [0.4, 0.5) is 0 Å². The molecule has 70 valence electrons. The molecule has 1 heteroatoms. The molecule has 0 spiro atoms. The Morgan fingerprint density at radius 3 is 2.54 bits per heavy atom. The molecule has 1 rings (SSSR count). The topological polar surface area (TPSA) is 12.0 Å². The molecule has 0 unspecified atom stereocenters. The van der Waals surface area contributed by atoms with Gasteiger partial charge in [0.25, 0.3) is 0 Å². The molecule has 0 radical (unpaired) electrons. The number of benzene rings is 1. The minimum Gasteiger partial charge on any atom is -0.385 e. The van der Waals surface area contributed by atoms with Gasteiger partial charge in [-0.05, 0) is 43.5 Å². The Kier molecular flexibility index (Phi) is 3.13. The molecule has 0 aliphatic carbocycles. The van der Waals surface area contributed by atoms with E-state index in [9.17, 15) is 0 Å². The Labute approximate surface area is 80.5 Å². The minimum absolute atomic E-state index is 0.922. The van der Waals surface area contributed by atoms with Crippen molar-refractivity contribution in [3.05, 3.63) is 41.5 Å². The molecule has 1 nitrogen and oxygen atoms in total. The van der Waals surface area contributed by atoms with Crippen molar-refractivity contribution in [2.45, 2.75) is 20.8 Å². The van der Waals surface area contributed by atoms with Gasteiger partial charge in [-0.3, -0.25) is 0 Å². The van der Waals surface area contributed by atoms with Gasteiger partial charge in [0.2, 0.25) is 0 Å². The minimum atomic E-state index is 0.922. The Balaban J connectivity index is 2.90. The SMILES string of the molecule is C=C(NCC)c1ccc(C)c(C)c1. The number of aryl methyl sites for hydroxylation is 2. The van der Waals surface area contributed by atoms with Crippen LogP contribution in [0.2, 0.25) is 0 Å². The van der Waals surface area contributed by atoms with Crippen molar-refractivity contribution in [3.63, 3.8) is 0 Å². The van der Waals surface area contributed by atoms with Crippen LogP contribution >= 0.6 is 0 Å². The molecule has 0 bridgehead atoms. The highest BCUT2D eigenvalue weighted by Crippen LogP contribution is 2.14. The summed E-state index contributed by atoms with van der Waals surface area (Å²) in [6, 6.07) is 6.40. The fraction of sp³-hybridized carbons (Fsp3) is 0.333. The van der Waals surface area contributed by atoms with Crippen molar-refractivity contribution in [1.82, 2.24) is 5.32 Å². The maximum atomic E-state index is 3.97. The Hall–Kier alpha value is -1.24. The van der Waals surface area contributed by atoms with Crippen LogP contribution in [0.1, 0.15) is 23.6 Å². The lowest BCUT2D eigenvalue weighted by Gasteiger charge is -2.09. The zero-order valence-electron chi connectivity index (χ0n) is 8.65. The van der Waals surface area contributed by atoms with Crippen molar-refractivity contribution in [2.24, 2.45) is 0 Å². The Morgan fingerprint density at radius 2 is 2.00 bits per heavy atom. The van der Waals surface area contributed by atoms with Crippen molar-refractivity contribution in [1.29, 1.82) is 0 Å². The normalized spacial score (nSPS) is 9.77. The average molecular weight is 175 g/mol. The van der Waals surface area contributed by atoms with E-state index >= 15 is 0 Å². The van der Waals surface area contributed by atoms with Crippen molar-refractivity contribution in [3.8, 4) is 0 Å². The Morgan fingerprint density at radius 1 is 1.31 bits per heavy atom.